The molecule has 0 bridgehead atoms. The Morgan fingerprint density at radius 3 is 2.82 bits per heavy atom. The Bertz CT molecular complexity index is 826. The molecule has 1 N–H and O–H groups in total. The number of fused-ring (bicyclic) bond motifs is 1. The van der Waals surface area contributed by atoms with E-state index in [1.165, 1.54) is 11.8 Å². The van der Waals surface area contributed by atoms with Crippen LogP contribution in [0.4, 0.5) is 5.69 Å². The fraction of sp³-hybridized carbons (Fsp3) is 0.176. The summed E-state index contributed by atoms with van der Waals surface area (Å²) in [7, 11) is 1.97. The van der Waals surface area contributed by atoms with Gasteiger partial charge in [-0.2, -0.15) is 0 Å². The van der Waals surface area contributed by atoms with Crippen LogP contribution in [0.25, 0.3) is 11.0 Å². The fourth-order valence-electron chi connectivity index (χ4n) is 2.30. The molecular weight excluding hydrogens is 294 g/mol. The largest absolute Gasteiger partial charge is 0.325 e. The van der Waals surface area contributed by atoms with Crippen molar-refractivity contribution in [3.05, 3.63) is 54.1 Å². The Hall–Kier alpha value is -2.27. The summed E-state index contributed by atoms with van der Waals surface area (Å²) >= 11 is 1.44. The molecule has 1 heterocycles. The number of para-hydroxylation sites is 2. The van der Waals surface area contributed by atoms with E-state index in [2.05, 4.69) is 10.3 Å². The molecule has 0 aliphatic rings. The minimum Gasteiger partial charge on any atom is -0.325 e. The second kappa shape index (κ2) is 6.23. The number of aryl methyl sites for hydroxylation is 2. The minimum atomic E-state index is -0.0253. The van der Waals surface area contributed by atoms with Crippen LogP contribution in [-0.2, 0) is 11.8 Å². The van der Waals surface area contributed by atoms with Crippen molar-refractivity contribution in [2.75, 3.05) is 11.1 Å². The Labute approximate surface area is 133 Å². The summed E-state index contributed by atoms with van der Waals surface area (Å²) in [6, 6.07) is 15.7. The Morgan fingerprint density at radius 1 is 1.23 bits per heavy atom. The van der Waals surface area contributed by atoms with Gasteiger partial charge >= 0.3 is 0 Å². The van der Waals surface area contributed by atoms with Crippen molar-refractivity contribution in [1.82, 2.24) is 9.55 Å². The molecule has 3 aromatic rings. The van der Waals surface area contributed by atoms with E-state index in [1.807, 2.05) is 67.1 Å². The lowest BCUT2D eigenvalue weighted by molar-refractivity contribution is -0.113. The number of hydrogen-bond donors (Lipinski definition) is 1. The van der Waals surface area contributed by atoms with Gasteiger partial charge in [0.2, 0.25) is 5.91 Å². The van der Waals surface area contributed by atoms with E-state index in [4.69, 9.17) is 0 Å². The number of carbonyl (C=O) groups is 1. The van der Waals surface area contributed by atoms with Gasteiger partial charge in [0.05, 0.1) is 16.8 Å². The van der Waals surface area contributed by atoms with Gasteiger partial charge in [0.1, 0.15) is 0 Å². The van der Waals surface area contributed by atoms with Gasteiger partial charge in [-0.05, 0) is 36.8 Å². The van der Waals surface area contributed by atoms with Gasteiger partial charge in [-0.15, -0.1) is 0 Å². The first-order valence-corrected chi connectivity index (χ1v) is 8.03. The fourth-order valence-corrected chi connectivity index (χ4v) is 3.09. The van der Waals surface area contributed by atoms with Crippen LogP contribution in [0.1, 0.15) is 5.56 Å². The van der Waals surface area contributed by atoms with Crippen molar-refractivity contribution in [2.24, 2.45) is 7.05 Å². The number of carbonyl (C=O) groups excluding carboxylic acids is 1. The van der Waals surface area contributed by atoms with Crippen molar-refractivity contribution >= 4 is 34.4 Å². The number of thioether (sulfide) groups is 1. The van der Waals surface area contributed by atoms with Crippen molar-refractivity contribution < 1.29 is 4.79 Å². The number of aromatic nitrogens is 2. The standard InChI is InChI=1S/C17H17N3OS/c1-12-6-5-7-13(10-12)18-16(21)11-22-17-19-14-8-3-4-9-15(14)20(17)2/h3-10H,11H2,1-2H3,(H,18,21). The van der Waals surface area contributed by atoms with E-state index < -0.39 is 0 Å². The summed E-state index contributed by atoms with van der Waals surface area (Å²) < 4.78 is 2.01. The molecule has 5 heteroatoms. The van der Waals surface area contributed by atoms with E-state index in [-0.39, 0.29) is 5.91 Å². The van der Waals surface area contributed by atoms with Crippen LogP contribution < -0.4 is 5.32 Å². The topological polar surface area (TPSA) is 46.9 Å². The lowest BCUT2D eigenvalue weighted by Crippen LogP contribution is -2.14. The predicted molar refractivity (Wildman–Crippen MR) is 91.2 cm³/mol. The number of benzene rings is 2. The molecular formula is C17H17N3OS. The summed E-state index contributed by atoms with van der Waals surface area (Å²) in [4.78, 5) is 16.6. The highest BCUT2D eigenvalue weighted by Gasteiger charge is 2.10. The van der Waals surface area contributed by atoms with Gasteiger partial charge in [0, 0.05) is 12.7 Å². The molecule has 3 rings (SSSR count). The van der Waals surface area contributed by atoms with Crippen molar-refractivity contribution in [1.29, 1.82) is 0 Å². The molecule has 1 aromatic heterocycles. The number of hydrogen-bond acceptors (Lipinski definition) is 3. The van der Waals surface area contributed by atoms with Gasteiger partial charge in [-0.3, -0.25) is 4.79 Å². The maximum atomic E-state index is 12.1. The van der Waals surface area contributed by atoms with E-state index in [9.17, 15) is 4.79 Å². The zero-order valence-electron chi connectivity index (χ0n) is 12.5. The SMILES string of the molecule is Cc1cccc(NC(=O)CSc2nc3ccccc3n2C)c1. The second-order valence-corrected chi connectivity index (χ2v) is 6.09. The maximum absolute atomic E-state index is 12.1. The molecule has 0 radical (unpaired) electrons. The number of nitrogens with one attached hydrogen (secondary N) is 1. The highest BCUT2D eigenvalue weighted by Crippen LogP contribution is 2.22. The van der Waals surface area contributed by atoms with Crippen LogP contribution >= 0.6 is 11.8 Å². The smallest absolute Gasteiger partial charge is 0.234 e. The third-order valence-electron chi connectivity index (χ3n) is 3.38. The summed E-state index contributed by atoms with van der Waals surface area (Å²) in [5, 5.41) is 3.76. The van der Waals surface area contributed by atoms with E-state index >= 15 is 0 Å². The van der Waals surface area contributed by atoms with E-state index in [0.717, 1.165) is 27.4 Å². The number of nitrogens with zero attached hydrogens (tertiary/aromatic N) is 2. The molecule has 4 nitrogen and oxygen atoms in total. The molecule has 0 aliphatic heterocycles. The van der Waals surface area contributed by atoms with Gasteiger partial charge < -0.3 is 9.88 Å². The molecule has 0 unspecified atom stereocenters. The van der Waals surface area contributed by atoms with Crippen LogP contribution in [0.3, 0.4) is 0 Å². The van der Waals surface area contributed by atoms with Crippen molar-refractivity contribution in [3.63, 3.8) is 0 Å². The number of rotatable bonds is 4. The average molecular weight is 311 g/mol. The number of amides is 1. The predicted octanol–water partition coefficient (Wildman–Crippen LogP) is 3.61. The summed E-state index contributed by atoms with van der Waals surface area (Å²) in [5.74, 6) is 0.313. The number of imidazole rings is 1. The van der Waals surface area contributed by atoms with Crippen LogP contribution in [0, 0.1) is 6.92 Å². The van der Waals surface area contributed by atoms with Crippen molar-refractivity contribution in [2.45, 2.75) is 12.1 Å². The molecule has 0 fully saturated rings. The Morgan fingerprint density at radius 2 is 2.05 bits per heavy atom. The third-order valence-corrected chi connectivity index (χ3v) is 4.41. The molecule has 0 spiro atoms. The third kappa shape index (κ3) is 3.14. The lowest BCUT2D eigenvalue weighted by atomic mass is 10.2. The minimum absolute atomic E-state index is 0.0253. The van der Waals surface area contributed by atoms with E-state index in [1.54, 1.807) is 0 Å². The monoisotopic (exact) mass is 311 g/mol. The normalized spacial score (nSPS) is 10.8. The summed E-state index contributed by atoms with van der Waals surface area (Å²) in [6.45, 7) is 2.00. The van der Waals surface area contributed by atoms with Gasteiger partial charge in [-0.1, -0.05) is 36.0 Å². The highest BCUT2D eigenvalue weighted by molar-refractivity contribution is 7.99. The molecule has 0 atom stereocenters. The van der Waals surface area contributed by atoms with E-state index in [0.29, 0.717) is 5.75 Å². The lowest BCUT2D eigenvalue weighted by Gasteiger charge is -2.06. The molecule has 1 amide bonds. The molecule has 0 saturated heterocycles. The molecule has 2 aromatic carbocycles. The Kier molecular flexibility index (Phi) is 4.15. The second-order valence-electron chi connectivity index (χ2n) is 5.15. The number of anilines is 1. The molecule has 112 valence electrons. The Balaban J connectivity index is 1.66. The first-order chi connectivity index (χ1) is 10.6. The van der Waals surface area contributed by atoms with Crippen LogP contribution in [0.2, 0.25) is 0 Å². The zero-order chi connectivity index (χ0) is 15.5. The van der Waals surface area contributed by atoms with Crippen LogP contribution in [-0.4, -0.2) is 21.2 Å². The summed E-state index contributed by atoms with van der Waals surface area (Å²) in [5.41, 5.74) is 3.98. The van der Waals surface area contributed by atoms with Crippen LogP contribution in [0.5, 0.6) is 0 Å². The van der Waals surface area contributed by atoms with Gasteiger partial charge in [-0.25, -0.2) is 4.98 Å². The van der Waals surface area contributed by atoms with Gasteiger partial charge in [0.25, 0.3) is 0 Å². The first kappa shape index (κ1) is 14.7. The molecule has 22 heavy (non-hydrogen) atoms. The maximum Gasteiger partial charge on any atom is 0.234 e. The molecule has 0 saturated carbocycles. The van der Waals surface area contributed by atoms with Crippen LogP contribution in [0.15, 0.2) is 53.7 Å². The quantitative estimate of drug-likeness (QED) is 0.749. The zero-order valence-corrected chi connectivity index (χ0v) is 13.4. The first-order valence-electron chi connectivity index (χ1n) is 7.04. The van der Waals surface area contributed by atoms with Crippen molar-refractivity contribution in [3.8, 4) is 0 Å². The highest BCUT2D eigenvalue weighted by atomic mass is 32.2. The molecule has 0 aliphatic carbocycles. The summed E-state index contributed by atoms with van der Waals surface area (Å²) in [6.07, 6.45) is 0. The average Bonchev–Trinajstić information content (AvgIpc) is 2.82. The van der Waals surface area contributed by atoms with Gasteiger partial charge in [0.15, 0.2) is 5.16 Å².